The van der Waals surface area contributed by atoms with Crippen molar-refractivity contribution in [2.75, 3.05) is 11.5 Å². The number of phenols is 1. The van der Waals surface area contributed by atoms with Gasteiger partial charge in [0.05, 0.1) is 10.6 Å². The van der Waals surface area contributed by atoms with E-state index in [0.29, 0.717) is 11.3 Å². The largest absolute Gasteiger partial charge is 0.508 e. The number of nitrogens with zero attached hydrogens (tertiary/aromatic N) is 1. The van der Waals surface area contributed by atoms with Crippen LogP contribution in [0.2, 0.25) is 0 Å². The number of amides is 2. The van der Waals surface area contributed by atoms with Crippen molar-refractivity contribution in [3.63, 3.8) is 0 Å². The lowest BCUT2D eigenvalue weighted by molar-refractivity contribution is -0.139. The number of hydrogen-bond donors (Lipinski definition) is 2. The maximum absolute atomic E-state index is 12.6. The van der Waals surface area contributed by atoms with Crippen LogP contribution in [0.15, 0.2) is 53.4 Å². The first kappa shape index (κ1) is 17.6. The molecular weight excluding hydrogens is 358 g/mol. The summed E-state index contributed by atoms with van der Waals surface area (Å²) >= 11 is 0.783. The zero-order chi connectivity index (χ0) is 18.7. The van der Waals surface area contributed by atoms with E-state index in [0.717, 1.165) is 16.7 Å². The number of benzene rings is 2. The van der Waals surface area contributed by atoms with E-state index in [4.69, 9.17) is 9.84 Å². The van der Waals surface area contributed by atoms with E-state index in [1.165, 1.54) is 18.2 Å². The van der Waals surface area contributed by atoms with Gasteiger partial charge in [-0.3, -0.25) is 9.59 Å². The highest BCUT2D eigenvalue weighted by atomic mass is 32.2. The highest BCUT2D eigenvalue weighted by Gasteiger charge is 2.36. The van der Waals surface area contributed by atoms with E-state index in [9.17, 15) is 19.5 Å². The van der Waals surface area contributed by atoms with Crippen LogP contribution < -0.4 is 9.64 Å². The number of aromatic hydroxyl groups is 1. The van der Waals surface area contributed by atoms with Crippen molar-refractivity contribution in [3.8, 4) is 11.5 Å². The lowest BCUT2D eigenvalue weighted by Crippen LogP contribution is -2.27. The first-order valence-electron chi connectivity index (χ1n) is 7.46. The second kappa shape index (κ2) is 7.32. The van der Waals surface area contributed by atoms with Gasteiger partial charge < -0.3 is 14.9 Å². The van der Waals surface area contributed by atoms with Crippen LogP contribution in [0.1, 0.15) is 5.56 Å². The zero-order valence-electron chi connectivity index (χ0n) is 13.3. The van der Waals surface area contributed by atoms with Crippen LogP contribution in [0.3, 0.4) is 0 Å². The third kappa shape index (κ3) is 3.86. The van der Waals surface area contributed by atoms with Crippen LogP contribution in [-0.2, 0) is 9.59 Å². The number of carboxylic acid groups (broad SMARTS) is 1. The van der Waals surface area contributed by atoms with E-state index < -0.39 is 23.7 Å². The van der Waals surface area contributed by atoms with Crippen molar-refractivity contribution in [3.05, 3.63) is 59.0 Å². The molecule has 1 aliphatic heterocycles. The summed E-state index contributed by atoms with van der Waals surface area (Å²) in [6.45, 7) is -0.475. The summed E-state index contributed by atoms with van der Waals surface area (Å²) in [6, 6.07) is 12.4. The number of phenolic OH excluding ortho intramolecular Hbond substituents is 1. The third-order valence-electron chi connectivity index (χ3n) is 3.40. The van der Waals surface area contributed by atoms with Crippen molar-refractivity contribution in [1.29, 1.82) is 0 Å². The Hall–Kier alpha value is -3.26. The molecular formula is C18H13NO6S. The average molecular weight is 371 g/mol. The molecule has 3 rings (SSSR count). The second-order valence-corrected chi connectivity index (χ2v) is 6.29. The molecule has 7 nitrogen and oxygen atoms in total. The van der Waals surface area contributed by atoms with Crippen molar-refractivity contribution < 1.29 is 29.3 Å². The first-order chi connectivity index (χ1) is 12.4. The number of ether oxygens (including phenoxy) is 1. The molecule has 0 bridgehead atoms. The van der Waals surface area contributed by atoms with Crippen molar-refractivity contribution in [2.24, 2.45) is 0 Å². The van der Waals surface area contributed by atoms with Crippen molar-refractivity contribution >= 4 is 40.6 Å². The van der Waals surface area contributed by atoms with E-state index in [-0.39, 0.29) is 16.3 Å². The summed E-state index contributed by atoms with van der Waals surface area (Å²) in [6.07, 6.45) is 1.53. The van der Waals surface area contributed by atoms with Gasteiger partial charge in [-0.1, -0.05) is 18.2 Å². The van der Waals surface area contributed by atoms with E-state index >= 15 is 0 Å². The van der Waals surface area contributed by atoms with Gasteiger partial charge in [0.2, 0.25) is 0 Å². The molecule has 0 unspecified atom stereocenters. The molecule has 2 N–H and O–H groups in total. The number of rotatable bonds is 5. The van der Waals surface area contributed by atoms with Crippen LogP contribution in [0.25, 0.3) is 6.08 Å². The summed E-state index contributed by atoms with van der Waals surface area (Å²) in [5.74, 6) is -1.30. The number of carboxylic acids is 1. The van der Waals surface area contributed by atoms with Gasteiger partial charge in [0.15, 0.2) is 6.61 Å². The minimum atomic E-state index is -1.09. The Kier molecular flexibility index (Phi) is 4.94. The van der Waals surface area contributed by atoms with Gasteiger partial charge in [0, 0.05) is 6.07 Å². The van der Waals surface area contributed by atoms with Crippen LogP contribution in [-0.4, -0.2) is 33.9 Å². The fourth-order valence-corrected chi connectivity index (χ4v) is 3.15. The monoisotopic (exact) mass is 371 g/mol. The molecule has 0 radical (unpaired) electrons. The number of hydrogen-bond acceptors (Lipinski definition) is 6. The molecule has 2 amide bonds. The quantitative estimate of drug-likeness (QED) is 0.778. The van der Waals surface area contributed by atoms with E-state index in [1.807, 2.05) is 0 Å². The van der Waals surface area contributed by atoms with Gasteiger partial charge in [0.1, 0.15) is 11.5 Å². The summed E-state index contributed by atoms with van der Waals surface area (Å²) < 4.78 is 5.10. The Morgan fingerprint density at radius 3 is 2.65 bits per heavy atom. The Labute approximate surface area is 152 Å². The maximum Gasteiger partial charge on any atom is 0.341 e. The zero-order valence-corrected chi connectivity index (χ0v) is 14.1. The number of carbonyl (C=O) groups excluding carboxylic acids is 2. The van der Waals surface area contributed by atoms with Crippen molar-refractivity contribution in [2.45, 2.75) is 0 Å². The minimum Gasteiger partial charge on any atom is -0.508 e. The molecule has 1 aliphatic rings. The molecule has 1 fully saturated rings. The smallest absolute Gasteiger partial charge is 0.341 e. The fourth-order valence-electron chi connectivity index (χ4n) is 2.31. The number of aliphatic carboxylic acids is 1. The molecule has 1 heterocycles. The average Bonchev–Trinajstić information content (AvgIpc) is 2.87. The number of anilines is 1. The SMILES string of the molecule is O=C(O)COc1cccc(/C=C2/SC(=O)N(c3cccc(O)c3)C2=O)c1. The predicted molar refractivity (Wildman–Crippen MR) is 96.1 cm³/mol. The van der Waals surface area contributed by atoms with Gasteiger partial charge in [-0.2, -0.15) is 0 Å². The Morgan fingerprint density at radius 2 is 1.92 bits per heavy atom. The Bertz CT molecular complexity index is 923. The number of carbonyl (C=O) groups is 3. The first-order valence-corrected chi connectivity index (χ1v) is 8.27. The van der Waals surface area contributed by atoms with Gasteiger partial charge in [-0.15, -0.1) is 0 Å². The molecule has 0 saturated carbocycles. The lowest BCUT2D eigenvalue weighted by atomic mass is 10.2. The summed E-state index contributed by atoms with van der Waals surface area (Å²) in [7, 11) is 0. The van der Waals surface area contributed by atoms with Crippen LogP contribution >= 0.6 is 11.8 Å². The lowest BCUT2D eigenvalue weighted by Gasteiger charge is -2.12. The topological polar surface area (TPSA) is 104 Å². The molecule has 0 aromatic heterocycles. The molecule has 132 valence electrons. The van der Waals surface area contributed by atoms with Crippen molar-refractivity contribution in [1.82, 2.24) is 0 Å². The molecule has 0 atom stereocenters. The normalized spacial score (nSPS) is 15.5. The minimum absolute atomic E-state index is 0.0474. The van der Waals surface area contributed by atoms with Crippen LogP contribution in [0, 0.1) is 0 Å². The molecule has 8 heteroatoms. The highest BCUT2D eigenvalue weighted by molar-refractivity contribution is 8.19. The molecule has 2 aromatic carbocycles. The summed E-state index contributed by atoms with van der Waals surface area (Å²) in [4.78, 5) is 36.5. The van der Waals surface area contributed by atoms with Gasteiger partial charge in [0.25, 0.3) is 11.1 Å². The van der Waals surface area contributed by atoms with Crippen LogP contribution in [0.5, 0.6) is 11.5 Å². The summed E-state index contributed by atoms with van der Waals surface area (Å²) in [5, 5.41) is 17.7. The van der Waals surface area contributed by atoms with E-state index in [1.54, 1.807) is 36.4 Å². The predicted octanol–water partition coefficient (Wildman–Crippen LogP) is 3.10. The molecule has 0 spiro atoms. The fraction of sp³-hybridized carbons (Fsp3) is 0.0556. The highest BCUT2D eigenvalue weighted by Crippen LogP contribution is 2.36. The molecule has 0 aliphatic carbocycles. The Morgan fingerprint density at radius 1 is 1.15 bits per heavy atom. The van der Waals surface area contributed by atoms with Gasteiger partial charge in [-0.05, 0) is 47.7 Å². The summed E-state index contributed by atoms with van der Waals surface area (Å²) in [5.41, 5.74) is 0.878. The third-order valence-corrected chi connectivity index (χ3v) is 4.27. The Balaban J connectivity index is 1.84. The van der Waals surface area contributed by atoms with E-state index in [2.05, 4.69) is 0 Å². The second-order valence-electron chi connectivity index (χ2n) is 5.29. The number of thioether (sulfide) groups is 1. The molecule has 26 heavy (non-hydrogen) atoms. The number of imide groups is 1. The van der Waals surface area contributed by atoms with Gasteiger partial charge in [-0.25, -0.2) is 9.69 Å². The molecule has 2 aromatic rings. The standard InChI is InChI=1S/C18H13NO6S/c20-13-5-2-4-12(9-13)19-17(23)15(26-18(19)24)8-11-3-1-6-14(7-11)25-10-16(21)22/h1-9,20H,10H2,(H,21,22)/b15-8+. The van der Waals surface area contributed by atoms with Gasteiger partial charge >= 0.3 is 5.97 Å². The maximum atomic E-state index is 12.6. The molecule has 1 saturated heterocycles. The van der Waals surface area contributed by atoms with Crippen LogP contribution in [0.4, 0.5) is 10.5 Å².